The molecule has 0 bridgehead atoms. The van der Waals surface area contributed by atoms with Crippen molar-refractivity contribution in [2.75, 3.05) is 38.0 Å². The fourth-order valence-corrected chi connectivity index (χ4v) is 3.81. The first-order valence-electron chi connectivity index (χ1n) is 9.66. The summed E-state index contributed by atoms with van der Waals surface area (Å²) in [5, 5.41) is 3.46. The SMILES string of the molecule is CCNc1ccccc1C1c2ccccc2C(=O)N1CCN(CC)CC.Cl.Cl. The van der Waals surface area contributed by atoms with Gasteiger partial charge in [0, 0.05) is 36.4 Å². The molecule has 0 aromatic heterocycles. The van der Waals surface area contributed by atoms with Gasteiger partial charge < -0.3 is 15.1 Å². The van der Waals surface area contributed by atoms with E-state index in [9.17, 15) is 4.79 Å². The summed E-state index contributed by atoms with van der Waals surface area (Å²) in [6.45, 7) is 10.9. The summed E-state index contributed by atoms with van der Waals surface area (Å²) in [4.78, 5) is 17.5. The molecule has 1 aliphatic rings. The Bertz CT molecular complexity index is 765. The van der Waals surface area contributed by atoms with E-state index in [1.165, 1.54) is 5.56 Å². The molecule has 154 valence electrons. The minimum Gasteiger partial charge on any atom is -0.385 e. The van der Waals surface area contributed by atoms with E-state index < -0.39 is 0 Å². The van der Waals surface area contributed by atoms with E-state index in [-0.39, 0.29) is 36.8 Å². The average molecular weight is 424 g/mol. The zero-order chi connectivity index (χ0) is 18.5. The number of rotatable bonds is 8. The number of para-hydroxylation sites is 1. The van der Waals surface area contributed by atoms with Gasteiger partial charge >= 0.3 is 0 Å². The number of nitrogens with zero attached hydrogens (tertiary/aromatic N) is 2. The molecule has 0 radical (unpaired) electrons. The van der Waals surface area contributed by atoms with Gasteiger partial charge in [0.1, 0.15) is 0 Å². The number of halogens is 2. The standard InChI is InChI=1S/C22H29N3O.2ClH/c1-4-23-20-14-10-9-13-19(20)21-17-11-7-8-12-18(17)22(26)25(21)16-15-24(5-2)6-3;;/h7-14,21,23H,4-6,15-16H2,1-3H3;2*1H. The summed E-state index contributed by atoms with van der Waals surface area (Å²) in [5.74, 6) is 0.143. The summed E-state index contributed by atoms with van der Waals surface area (Å²) < 4.78 is 0. The molecule has 6 heteroatoms. The van der Waals surface area contributed by atoms with E-state index >= 15 is 0 Å². The monoisotopic (exact) mass is 423 g/mol. The fourth-order valence-electron chi connectivity index (χ4n) is 3.81. The van der Waals surface area contributed by atoms with Crippen LogP contribution in [-0.4, -0.2) is 48.4 Å². The number of likely N-dealkylation sites (N-methyl/N-ethyl adjacent to an activating group) is 1. The predicted octanol–water partition coefficient (Wildman–Crippen LogP) is 4.85. The van der Waals surface area contributed by atoms with Gasteiger partial charge in [-0.25, -0.2) is 0 Å². The van der Waals surface area contributed by atoms with Crippen LogP contribution in [0.4, 0.5) is 5.69 Å². The number of benzene rings is 2. The zero-order valence-corrected chi connectivity index (χ0v) is 18.5. The second kappa shape index (κ2) is 11.3. The van der Waals surface area contributed by atoms with Gasteiger partial charge in [-0.3, -0.25) is 4.79 Å². The van der Waals surface area contributed by atoms with Crippen LogP contribution in [0.3, 0.4) is 0 Å². The molecule has 3 rings (SSSR count). The number of carbonyl (C=O) groups excluding carboxylic acids is 1. The number of hydrogen-bond donors (Lipinski definition) is 1. The lowest BCUT2D eigenvalue weighted by Gasteiger charge is -2.30. The normalized spacial score (nSPS) is 15.1. The van der Waals surface area contributed by atoms with Crippen molar-refractivity contribution in [3.63, 3.8) is 0 Å². The molecule has 2 aromatic rings. The first-order valence-corrected chi connectivity index (χ1v) is 9.66. The Morgan fingerprint density at radius 2 is 1.54 bits per heavy atom. The topological polar surface area (TPSA) is 35.6 Å². The Balaban J connectivity index is 0.00000196. The van der Waals surface area contributed by atoms with Crippen LogP contribution in [0, 0.1) is 0 Å². The Morgan fingerprint density at radius 3 is 2.18 bits per heavy atom. The second-order valence-electron chi connectivity index (χ2n) is 6.63. The lowest BCUT2D eigenvalue weighted by molar-refractivity contribution is 0.0730. The molecule has 0 saturated carbocycles. The minimum absolute atomic E-state index is 0. The molecule has 0 saturated heterocycles. The smallest absolute Gasteiger partial charge is 0.255 e. The lowest BCUT2D eigenvalue weighted by atomic mass is 9.96. The maximum Gasteiger partial charge on any atom is 0.255 e. The number of amides is 1. The number of anilines is 1. The third-order valence-corrected chi connectivity index (χ3v) is 5.23. The van der Waals surface area contributed by atoms with Crippen molar-refractivity contribution in [2.24, 2.45) is 0 Å². The van der Waals surface area contributed by atoms with Crippen LogP contribution < -0.4 is 5.32 Å². The molecule has 0 fully saturated rings. The molecule has 0 aliphatic carbocycles. The minimum atomic E-state index is -0.0236. The lowest BCUT2D eigenvalue weighted by Crippen LogP contribution is -2.37. The first-order chi connectivity index (χ1) is 12.7. The third-order valence-electron chi connectivity index (χ3n) is 5.23. The van der Waals surface area contributed by atoms with Gasteiger partial charge in [0.2, 0.25) is 0 Å². The van der Waals surface area contributed by atoms with Crippen molar-refractivity contribution >= 4 is 36.4 Å². The van der Waals surface area contributed by atoms with Crippen molar-refractivity contribution in [1.82, 2.24) is 9.80 Å². The average Bonchev–Trinajstić information content (AvgIpc) is 2.96. The molecule has 0 spiro atoms. The quantitative estimate of drug-likeness (QED) is 0.658. The Labute approximate surface area is 181 Å². The molecule has 28 heavy (non-hydrogen) atoms. The largest absolute Gasteiger partial charge is 0.385 e. The van der Waals surface area contributed by atoms with Gasteiger partial charge in [-0.2, -0.15) is 0 Å². The van der Waals surface area contributed by atoms with Gasteiger partial charge in [0.05, 0.1) is 6.04 Å². The van der Waals surface area contributed by atoms with E-state index in [1.807, 2.05) is 29.2 Å². The van der Waals surface area contributed by atoms with Gasteiger partial charge in [-0.15, -0.1) is 24.8 Å². The Hall–Kier alpha value is -1.75. The number of nitrogens with one attached hydrogen (secondary N) is 1. The maximum absolute atomic E-state index is 13.1. The Morgan fingerprint density at radius 1 is 0.929 bits per heavy atom. The van der Waals surface area contributed by atoms with Crippen LogP contribution in [0.25, 0.3) is 0 Å². The first kappa shape index (κ1) is 24.3. The van der Waals surface area contributed by atoms with Crippen LogP contribution in [0.1, 0.15) is 48.3 Å². The molecule has 2 aromatic carbocycles. The maximum atomic E-state index is 13.1. The summed E-state index contributed by atoms with van der Waals surface area (Å²) in [6, 6.07) is 16.4. The van der Waals surface area contributed by atoms with Crippen molar-refractivity contribution in [3.05, 3.63) is 65.2 Å². The van der Waals surface area contributed by atoms with E-state index in [0.29, 0.717) is 0 Å². The molecule has 1 heterocycles. The second-order valence-corrected chi connectivity index (χ2v) is 6.63. The van der Waals surface area contributed by atoms with Gasteiger partial charge in [0.25, 0.3) is 5.91 Å². The van der Waals surface area contributed by atoms with Gasteiger partial charge in [-0.1, -0.05) is 50.2 Å². The highest BCUT2D eigenvalue weighted by Gasteiger charge is 2.38. The zero-order valence-electron chi connectivity index (χ0n) is 16.9. The van der Waals surface area contributed by atoms with Gasteiger partial charge in [-0.05, 0) is 37.7 Å². The van der Waals surface area contributed by atoms with Crippen molar-refractivity contribution < 1.29 is 4.79 Å². The molecule has 1 N–H and O–H groups in total. The number of hydrogen-bond acceptors (Lipinski definition) is 3. The van der Waals surface area contributed by atoms with E-state index in [0.717, 1.165) is 49.5 Å². The molecule has 4 nitrogen and oxygen atoms in total. The van der Waals surface area contributed by atoms with Crippen molar-refractivity contribution in [1.29, 1.82) is 0 Å². The van der Waals surface area contributed by atoms with Crippen LogP contribution in [0.5, 0.6) is 0 Å². The number of fused-ring (bicyclic) bond motifs is 1. The summed E-state index contributed by atoms with van der Waals surface area (Å²) in [7, 11) is 0. The predicted molar refractivity (Wildman–Crippen MR) is 122 cm³/mol. The van der Waals surface area contributed by atoms with E-state index in [2.05, 4.69) is 55.3 Å². The number of carbonyl (C=O) groups is 1. The molecule has 1 atom stereocenters. The highest BCUT2D eigenvalue weighted by molar-refractivity contribution is 6.00. The Kier molecular flexibility index (Phi) is 9.80. The highest BCUT2D eigenvalue weighted by Crippen LogP contribution is 2.40. The van der Waals surface area contributed by atoms with Crippen molar-refractivity contribution in [2.45, 2.75) is 26.8 Å². The highest BCUT2D eigenvalue weighted by atomic mass is 35.5. The molecular formula is C22H31Cl2N3O. The van der Waals surface area contributed by atoms with Crippen LogP contribution in [0.2, 0.25) is 0 Å². The van der Waals surface area contributed by atoms with E-state index in [4.69, 9.17) is 0 Å². The summed E-state index contributed by atoms with van der Waals surface area (Å²) in [5.41, 5.74) is 4.23. The van der Waals surface area contributed by atoms with Gasteiger partial charge in [0.15, 0.2) is 0 Å². The van der Waals surface area contributed by atoms with Crippen LogP contribution in [-0.2, 0) is 0 Å². The van der Waals surface area contributed by atoms with Crippen molar-refractivity contribution in [3.8, 4) is 0 Å². The van der Waals surface area contributed by atoms with E-state index in [1.54, 1.807) is 0 Å². The molecule has 1 amide bonds. The van der Waals surface area contributed by atoms with Crippen LogP contribution >= 0.6 is 24.8 Å². The summed E-state index contributed by atoms with van der Waals surface area (Å²) in [6.07, 6.45) is 0. The summed E-state index contributed by atoms with van der Waals surface area (Å²) >= 11 is 0. The van der Waals surface area contributed by atoms with Crippen LogP contribution in [0.15, 0.2) is 48.5 Å². The molecule has 1 aliphatic heterocycles. The third kappa shape index (κ3) is 4.80. The molecule has 1 unspecified atom stereocenters. The fraction of sp³-hybridized carbons (Fsp3) is 0.409. The molecular weight excluding hydrogens is 393 g/mol.